The minimum absolute atomic E-state index is 0.00929. The largest absolute Gasteiger partial charge is 0.369 e. The van der Waals surface area contributed by atoms with E-state index >= 15 is 0 Å². The van der Waals surface area contributed by atoms with E-state index in [4.69, 9.17) is 23.2 Å². The molecule has 124 valence electrons. The van der Waals surface area contributed by atoms with Gasteiger partial charge < -0.3 is 5.32 Å². The van der Waals surface area contributed by atoms with Crippen LogP contribution in [-0.2, 0) is 4.79 Å². The number of hydrogen-bond donors (Lipinski definition) is 2. The Morgan fingerprint density at radius 1 is 0.958 bits per heavy atom. The van der Waals surface area contributed by atoms with Crippen LogP contribution in [0.3, 0.4) is 0 Å². The predicted octanol–water partition coefficient (Wildman–Crippen LogP) is 4.79. The van der Waals surface area contributed by atoms with Crippen LogP contribution in [0.2, 0.25) is 10.0 Å². The molecule has 5 heteroatoms. The quantitative estimate of drug-likeness (QED) is 0.826. The molecule has 0 fully saturated rings. The van der Waals surface area contributed by atoms with Gasteiger partial charge in [0.05, 0.1) is 6.04 Å². The van der Waals surface area contributed by atoms with Crippen molar-refractivity contribution in [1.82, 2.24) is 10.6 Å². The molecule has 0 amide bonds. The van der Waals surface area contributed by atoms with Crippen LogP contribution < -0.4 is 10.6 Å². The van der Waals surface area contributed by atoms with Crippen LogP contribution in [-0.4, -0.2) is 5.78 Å². The first kappa shape index (κ1) is 17.0. The predicted molar refractivity (Wildman–Crippen MR) is 98.0 cm³/mol. The summed E-state index contributed by atoms with van der Waals surface area (Å²) in [6.45, 7) is 3.48. The maximum atomic E-state index is 12.2. The van der Waals surface area contributed by atoms with E-state index in [1.165, 1.54) is 0 Å². The number of halogens is 2. The van der Waals surface area contributed by atoms with Crippen molar-refractivity contribution in [2.45, 2.75) is 26.1 Å². The van der Waals surface area contributed by atoms with E-state index in [1.807, 2.05) is 55.5 Å². The number of Topliss-reactive ketones (excluding diaryl/α,β-unsaturated/α-hetero) is 1. The second kappa shape index (κ2) is 6.98. The summed E-state index contributed by atoms with van der Waals surface area (Å²) in [5.41, 5.74) is 3.32. The Labute approximate surface area is 151 Å². The minimum Gasteiger partial charge on any atom is -0.369 e. The van der Waals surface area contributed by atoms with Gasteiger partial charge in [0.1, 0.15) is 6.17 Å². The van der Waals surface area contributed by atoms with E-state index in [0.717, 1.165) is 16.8 Å². The third-order valence-electron chi connectivity index (χ3n) is 4.20. The van der Waals surface area contributed by atoms with Gasteiger partial charge in [-0.25, -0.2) is 0 Å². The van der Waals surface area contributed by atoms with Gasteiger partial charge in [-0.2, -0.15) is 0 Å². The molecule has 0 saturated carbocycles. The van der Waals surface area contributed by atoms with Crippen LogP contribution in [0.5, 0.6) is 0 Å². The second-order valence-electron chi connectivity index (χ2n) is 5.81. The molecule has 1 aliphatic heterocycles. The highest BCUT2D eigenvalue weighted by Gasteiger charge is 2.32. The van der Waals surface area contributed by atoms with Crippen molar-refractivity contribution < 1.29 is 4.79 Å². The van der Waals surface area contributed by atoms with Crippen molar-refractivity contribution in [3.63, 3.8) is 0 Å². The van der Waals surface area contributed by atoms with Gasteiger partial charge in [-0.1, -0.05) is 59.6 Å². The monoisotopic (exact) mass is 360 g/mol. The summed E-state index contributed by atoms with van der Waals surface area (Å²) in [5.74, 6) is 0.00929. The van der Waals surface area contributed by atoms with E-state index < -0.39 is 0 Å². The van der Waals surface area contributed by atoms with E-state index in [9.17, 15) is 4.79 Å². The molecule has 2 N–H and O–H groups in total. The molecule has 0 aromatic heterocycles. The number of ketones is 1. The number of carbonyl (C=O) groups excluding carboxylic acids is 1. The lowest BCUT2D eigenvalue weighted by atomic mass is 9.91. The third kappa shape index (κ3) is 3.20. The fourth-order valence-electron chi connectivity index (χ4n) is 3.10. The van der Waals surface area contributed by atoms with Crippen molar-refractivity contribution in [3.8, 4) is 0 Å². The average molecular weight is 361 g/mol. The molecule has 3 rings (SSSR count). The van der Waals surface area contributed by atoms with Gasteiger partial charge in [-0.05, 0) is 31.5 Å². The molecule has 0 aliphatic carbocycles. The van der Waals surface area contributed by atoms with Crippen molar-refractivity contribution in [3.05, 3.63) is 81.0 Å². The third-order valence-corrected chi connectivity index (χ3v) is 4.89. The van der Waals surface area contributed by atoms with Crippen molar-refractivity contribution in [2.75, 3.05) is 0 Å². The van der Waals surface area contributed by atoms with E-state index in [2.05, 4.69) is 10.6 Å². The second-order valence-corrected chi connectivity index (χ2v) is 6.63. The first-order valence-corrected chi connectivity index (χ1v) is 8.47. The first-order chi connectivity index (χ1) is 11.5. The summed E-state index contributed by atoms with van der Waals surface area (Å²) in [6, 6.07) is 14.9. The Balaban J connectivity index is 2.08. The van der Waals surface area contributed by atoms with Gasteiger partial charge in [-0.3, -0.25) is 10.1 Å². The van der Waals surface area contributed by atoms with Crippen LogP contribution in [0.4, 0.5) is 0 Å². The van der Waals surface area contributed by atoms with E-state index in [1.54, 1.807) is 6.92 Å². The highest BCUT2D eigenvalue weighted by molar-refractivity contribution is 6.31. The van der Waals surface area contributed by atoms with Crippen LogP contribution in [0.25, 0.3) is 0 Å². The lowest BCUT2D eigenvalue weighted by Crippen LogP contribution is -2.43. The Morgan fingerprint density at radius 2 is 1.50 bits per heavy atom. The number of hydrogen-bond acceptors (Lipinski definition) is 3. The summed E-state index contributed by atoms with van der Waals surface area (Å²) in [7, 11) is 0. The zero-order valence-electron chi connectivity index (χ0n) is 13.4. The fourth-order valence-corrected chi connectivity index (χ4v) is 3.59. The van der Waals surface area contributed by atoms with Crippen LogP contribution in [0, 0.1) is 0 Å². The maximum Gasteiger partial charge on any atom is 0.159 e. The van der Waals surface area contributed by atoms with Gasteiger partial charge in [0, 0.05) is 26.9 Å². The van der Waals surface area contributed by atoms with Crippen LogP contribution in [0.15, 0.2) is 59.8 Å². The number of allylic oxidation sites excluding steroid dienone is 1. The average Bonchev–Trinajstić information content (AvgIpc) is 2.54. The molecule has 0 spiro atoms. The first-order valence-electron chi connectivity index (χ1n) is 7.72. The van der Waals surface area contributed by atoms with Gasteiger partial charge >= 0.3 is 0 Å². The van der Waals surface area contributed by atoms with Crippen LogP contribution >= 0.6 is 23.2 Å². The maximum absolute atomic E-state index is 12.2. The van der Waals surface area contributed by atoms with Crippen LogP contribution in [0.1, 0.15) is 37.2 Å². The fraction of sp³-hybridized carbons (Fsp3) is 0.211. The molecule has 2 atom stereocenters. The Hall–Kier alpha value is -1.81. The number of nitrogens with one attached hydrogen (secondary N) is 2. The molecule has 0 radical (unpaired) electrons. The zero-order chi connectivity index (χ0) is 17.3. The Bertz CT molecular complexity index is 817. The molecular formula is C19H18Cl2N2O. The lowest BCUT2D eigenvalue weighted by molar-refractivity contribution is -0.114. The molecular weight excluding hydrogens is 343 g/mol. The van der Waals surface area contributed by atoms with E-state index in [0.29, 0.717) is 15.6 Å². The molecule has 2 aromatic rings. The van der Waals surface area contributed by atoms with E-state index in [-0.39, 0.29) is 18.0 Å². The molecule has 0 bridgehead atoms. The van der Waals surface area contributed by atoms with Crippen molar-refractivity contribution in [1.29, 1.82) is 0 Å². The summed E-state index contributed by atoms with van der Waals surface area (Å²) in [6.07, 6.45) is -0.205. The van der Waals surface area contributed by atoms with Crippen molar-refractivity contribution in [2.24, 2.45) is 0 Å². The lowest BCUT2D eigenvalue weighted by Gasteiger charge is -2.36. The number of rotatable bonds is 3. The topological polar surface area (TPSA) is 41.1 Å². The highest BCUT2D eigenvalue weighted by atomic mass is 35.5. The smallest absolute Gasteiger partial charge is 0.159 e. The van der Waals surface area contributed by atoms with Gasteiger partial charge in [0.25, 0.3) is 0 Å². The number of carbonyl (C=O) groups is 1. The number of benzene rings is 2. The molecule has 2 aromatic carbocycles. The summed E-state index contributed by atoms with van der Waals surface area (Å²) in [4.78, 5) is 12.2. The minimum atomic E-state index is -0.293. The SMILES string of the molecule is CC(=O)C1=C(C)N[C@@H](c2ccccc2Cl)N[C@H]1c1ccccc1Cl. The molecule has 0 saturated heterocycles. The molecule has 0 unspecified atom stereocenters. The van der Waals surface area contributed by atoms with Crippen molar-refractivity contribution >= 4 is 29.0 Å². The Morgan fingerprint density at radius 3 is 2.04 bits per heavy atom. The standard InChI is InChI=1S/C19H18Cl2N2O/c1-11-17(12(2)24)18(13-7-3-5-9-15(13)20)23-19(22-11)14-8-4-6-10-16(14)21/h3-10,18-19,22-23H,1-2H3/t18-,19+/m0/s1. The molecule has 1 aliphatic rings. The molecule has 24 heavy (non-hydrogen) atoms. The highest BCUT2D eigenvalue weighted by Crippen LogP contribution is 2.36. The summed E-state index contributed by atoms with van der Waals surface area (Å²) >= 11 is 12.7. The molecule has 1 heterocycles. The van der Waals surface area contributed by atoms with Gasteiger partial charge in [-0.15, -0.1) is 0 Å². The van der Waals surface area contributed by atoms with Gasteiger partial charge in [0.2, 0.25) is 0 Å². The normalized spacial score (nSPS) is 20.7. The summed E-state index contributed by atoms with van der Waals surface area (Å²) < 4.78 is 0. The van der Waals surface area contributed by atoms with Gasteiger partial charge in [0.15, 0.2) is 5.78 Å². The molecule has 3 nitrogen and oxygen atoms in total. The zero-order valence-corrected chi connectivity index (χ0v) is 14.9. The Kier molecular flexibility index (Phi) is 4.95. The summed E-state index contributed by atoms with van der Waals surface area (Å²) in [5, 5.41) is 8.11.